The molecule has 0 radical (unpaired) electrons. The van der Waals surface area contributed by atoms with Gasteiger partial charge in [0.1, 0.15) is 0 Å². The lowest BCUT2D eigenvalue weighted by atomic mass is 9.67. The highest BCUT2D eigenvalue weighted by Crippen LogP contribution is 2.62. The lowest BCUT2D eigenvalue weighted by Crippen LogP contribution is -2.32. The van der Waals surface area contributed by atoms with Crippen molar-refractivity contribution < 1.29 is 0 Å². The number of aromatic nitrogens is 3. The van der Waals surface area contributed by atoms with Crippen LogP contribution in [0, 0.1) is 13.8 Å². The Morgan fingerprint density at radius 3 is 1.84 bits per heavy atom. The van der Waals surface area contributed by atoms with Gasteiger partial charge in [-0.15, -0.1) is 0 Å². The van der Waals surface area contributed by atoms with Crippen LogP contribution in [0.15, 0.2) is 161 Å². The van der Waals surface area contributed by atoms with Crippen LogP contribution in [0.3, 0.4) is 0 Å². The van der Waals surface area contributed by atoms with E-state index >= 15 is 0 Å². The van der Waals surface area contributed by atoms with Crippen molar-refractivity contribution in [3.8, 4) is 44.9 Å². The number of nitrogens with zero attached hydrogens (tertiary/aromatic N) is 3. The first kappa shape index (κ1) is 29.1. The van der Waals surface area contributed by atoms with E-state index in [2.05, 4.69) is 164 Å². The summed E-state index contributed by atoms with van der Waals surface area (Å²) >= 11 is 1.86. The maximum atomic E-state index is 5.34. The van der Waals surface area contributed by atoms with Crippen molar-refractivity contribution in [1.82, 2.24) is 15.0 Å². The Kier molecular flexibility index (Phi) is 6.46. The number of hydrogen-bond acceptors (Lipinski definition) is 4. The van der Waals surface area contributed by atoms with E-state index in [1.165, 1.54) is 43.2 Å². The van der Waals surface area contributed by atoms with Gasteiger partial charge in [-0.1, -0.05) is 133 Å². The Bertz CT molecular complexity index is 2610. The van der Waals surface area contributed by atoms with Crippen molar-refractivity contribution in [3.63, 3.8) is 0 Å². The van der Waals surface area contributed by atoms with Crippen molar-refractivity contribution in [2.75, 3.05) is 0 Å². The van der Waals surface area contributed by atoms with E-state index in [4.69, 9.17) is 9.97 Å². The van der Waals surface area contributed by atoms with Gasteiger partial charge in [0.15, 0.2) is 5.82 Å². The van der Waals surface area contributed by atoms with Gasteiger partial charge in [-0.3, -0.25) is 4.98 Å². The third-order valence-corrected chi connectivity index (χ3v) is 11.6. The quantitative estimate of drug-likeness (QED) is 0.190. The van der Waals surface area contributed by atoms with Crippen molar-refractivity contribution in [1.29, 1.82) is 0 Å². The van der Waals surface area contributed by atoms with Crippen molar-refractivity contribution in [2.45, 2.75) is 29.1 Å². The summed E-state index contributed by atoms with van der Waals surface area (Å²) in [6.07, 6.45) is 0. The summed E-state index contributed by atoms with van der Waals surface area (Å²) in [7, 11) is 0. The van der Waals surface area contributed by atoms with E-state index in [-0.39, 0.29) is 0 Å². The second-order valence-electron chi connectivity index (χ2n) is 13.2. The van der Waals surface area contributed by atoms with Crippen LogP contribution in [0.5, 0.6) is 0 Å². The molecule has 1 aliphatic heterocycles. The molecule has 0 fully saturated rings. The van der Waals surface area contributed by atoms with Gasteiger partial charge in [0.05, 0.1) is 16.6 Å². The van der Waals surface area contributed by atoms with E-state index in [0.29, 0.717) is 5.82 Å². The summed E-state index contributed by atoms with van der Waals surface area (Å²) in [5, 5.41) is 1.04. The number of para-hydroxylation sites is 1. The third-order valence-electron chi connectivity index (χ3n) is 10.4. The summed E-state index contributed by atoms with van der Waals surface area (Å²) in [6.45, 7) is 4.09. The molecule has 0 N–H and O–H groups in total. The summed E-state index contributed by atoms with van der Waals surface area (Å²) in [4.78, 5) is 17.7. The highest BCUT2D eigenvalue weighted by atomic mass is 32.2. The molecule has 3 nitrogen and oxygen atoms in total. The van der Waals surface area contributed by atoms with Gasteiger partial charge in [-0.2, -0.15) is 0 Å². The van der Waals surface area contributed by atoms with Gasteiger partial charge in [-0.05, 0) is 83.1 Å². The second-order valence-corrected chi connectivity index (χ2v) is 14.3. The minimum atomic E-state index is -0.440. The molecule has 1 aliphatic carbocycles. The number of rotatable bonds is 3. The highest BCUT2D eigenvalue weighted by molar-refractivity contribution is 7.99. The van der Waals surface area contributed by atoms with E-state index in [9.17, 15) is 0 Å². The third kappa shape index (κ3) is 4.22. The van der Waals surface area contributed by atoms with Crippen molar-refractivity contribution in [2.24, 2.45) is 0 Å². The molecule has 50 heavy (non-hydrogen) atoms. The van der Waals surface area contributed by atoms with Crippen LogP contribution in [0.1, 0.15) is 33.6 Å². The molecule has 10 rings (SSSR count). The normalized spacial score (nSPS) is 13.5. The zero-order chi connectivity index (χ0) is 33.4. The molecule has 0 amide bonds. The van der Waals surface area contributed by atoms with E-state index in [0.717, 1.165) is 50.2 Å². The van der Waals surface area contributed by atoms with Crippen molar-refractivity contribution >= 4 is 22.7 Å². The molecule has 0 unspecified atom stereocenters. The first-order chi connectivity index (χ1) is 24.6. The van der Waals surface area contributed by atoms with Gasteiger partial charge in [-0.25, -0.2) is 9.97 Å². The SMILES string of the molecule is Cc1ccc(-c2ccc(-c3nc(-c4ccc5c(c4)C4(c6ccccc6S5)c5ccccc5-c5ccccc54)c4ccccc4n3)cc2)c(C)n1. The summed E-state index contributed by atoms with van der Waals surface area (Å²) in [5.74, 6) is 0.715. The zero-order valence-corrected chi connectivity index (χ0v) is 28.5. The molecule has 8 aromatic rings. The molecule has 0 bridgehead atoms. The fourth-order valence-electron chi connectivity index (χ4n) is 8.22. The fourth-order valence-corrected chi connectivity index (χ4v) is 9.39. The summed E-state index contributed by atoms with van der Waals surface area (Å²) in [6, 6.07) is 55.0. The molecule has 0 saturated carbocycles. The van der Waals surface area contributed by atoms with Crippen LogP contribution in [0.25, 0.3) is 55.8 Å². The number of fused-ring (bicyclic) bond motifs is 10. The Hall–Kier alpha value is -5.84. The Morgan fingerprint density at radius 2 is 1.08 bits per heavy atom. The van der Waals surface area contributed by atoms with Crippen LogP contribution in [-0.2, 0) is 5.41 Å². The molecular weight excluding hydrogens is 627 g/mol. The van der Waals surface area contributed by atoms with Crippen LogP contribution < -0.4 is 0 Å². The number of hydrogen-bond donors (Lipinski definition) is 0. The van der Waals surface area contributed by atoms with E-state index in [1.54, 1.807) is 0 Å². The topological polar surface area (TPSA) is 38.7 Å². The number of aryl methyl sites for hydroxylation is 2. The molecule has 3 heterocycles. The van der Waals surface area contributed by atoms with Gasteiger partial charge >= 0.3 is 0 Å². The maximum absolute atomic E-state index is 5.34. The first-order valence-corrected chi connectivity index (χ1v) is 17.8. The Balaban J connectivity index is 1.18. The largest absolute Gasteiger partial charge is 0.258 e. The van der Waals surface area contributed by atoms with Crippen LogP contribution >= 0.6 is 11.8 Å². The van der Waals surface area contributed by atoms with Gasteiger partial charge in [0, 0.05) is 43.3 Å². The lowest BCUT2D eigenvalue weighted by Gasteiger charge is -2.40. The molecule has 6 aromatic carbocycles. The predicted octanol–water partition coefficient (Wildman–Crippen LogP) is 11.5. The van der Waals surface area contributed by atoms with Crippen LogP contribution in [-0.4, -0.2) is 15.0 Å². The van der Waals surface area contributed by atoms with Crippen molar-refractivity contribution in [3.05, 3.63) is 185 Å². The molecular formula is C46H31N3S. The molecule has 236 valence electrons. The average Bonchev–Trinajstić information content (AvgIpc) is 3.45. The zero-order valence-electron chi connectivity index (χ0n) is 27.7. The van der Waals surface area contributed by atoms with Crippen LogP contribution in [0.4, 0.5) is 0 Å². The first-order valence-electron chi connectivity index (χ1n) is 17.0. The Labute approximate surface area is 295 Å². The van der Waals surface area contributed by atoms with Crippen LogP contribution in [0.2, 0.25) is 0 Å². The standard InChI is InChI=1S/C46H31N3S/c1-28-19-25-33(29(2)47-28)30-20-22-31(23-21-30)45-48-41-17-9-5-13-36(41)44(49-45)32-24-26-43-40(27-32)46(39-16-8-10-18-42(39)50-43)37-14-6-3-11-34(37)35-12-4-7-15-38(35)46/h3-27H,1-2H3. The molecule has 4 heteroatoms. The molecule has 1 spiro atoms. The molecule has 2 aliphatic rings. The minimum absolute atomic E-state index is 0.440. The average molecular weight is 658 g/mol. The van der Waals surface area contributed by atoms with E-state index < -0.39 is 5.41 Å². The smallest absolute Gasteiger partial charge is 0.160 e. The molecule has 0 saturated heterocycles. The second kappa shape index (κ2) is 11.1. The molecule has 2 aromatic heterocycles. The minimum Gasteiger partial charge on any atom is -0.258 e. The Morgan fingerprint density at radius 1 is 0.460 bits per heavy atom. The number of pyridine rings is 1. The summed E-state index contributed by atoms with van der Waals surface area (Å²) in [5.41, 5.74) is 15.7. The van der Waals surface area contributed by atoms with Gasteiger partial charge < -0.3 is 0 Å². The maximum Gasteiger partial charge on any atom is 0.160 e. The lowest BCUT2D eigenvalue weighted by molar-refractivity contribution is 0.722. The fraction of sp³-hybridized carbons (Fsp3) is 0.0652. The van der Waals surface area contributed by atoms with Gasteiger partial charge in [0.2, 0.25) is 0 Å². The summed E-state index contributed by atoms with van der Waals surface area (Å²) < 4.78 is 0. The highest BCUT2D eigenvalue weighted by Gasteiger charge is 2.50. The van der Waals surface area contributed by atoms with Gasteiger partial charge in [0.25, 0.3) is 0 Å². The van der Waals surface area contributed by atoms with E-state index in [1.807, 2.05) is 18.7 Å². The number of benzene rings is 6. The predicted molar refractivity (Wildman–Crippen MR) is 205 cm³/mol. The monoisotopic (exact) mass is 657 g/mol. The molecule has 0 atom stereocenters.